The van der Waals surface area contributed by atoms with Gasteiger partial charge in [0, 0.05) is 5.56 Å². The number of nitrogens with one attached hydrogen (secondary N) is 1. The molecule has 0 radical (unpaired) electrons. The number of hydrogen-bond donors (Lipinski definition) is 1. The van der Waals surface area contributed by atoms with E-state index in [-0.39, 0.29) is 5.91 Å². The Morgan fingerprint density at radius 1 is 1.18 bits per heavy atom. The second-order valence-electron chi connectivity index (χ2n) is 4.52. The van der Waals surface area contributed by atoms with E-state index in [1.807, 2.05) is 24.3 Å². The average molecular weight is 314 g/mol. The average Bonchev–Trinajstić information content (AvgIpc) is 2.96. The summed E-state index contributed by atoms with van der Waals surface area (Å²) in [7, 11) is 1.40. The molecule has 3 aromatic rings. The zero-order chi connectivity index (χ0) is 15.4. The van der Waals surface area contributed by atoms with Gasteiger partial charge in [-0.25, -0.2) is 10.5 Å². The zero-order valence-electron chi connectivity index (χ0n) is 11.9. The van der Waals surface area contributed by atoms with Crippen LogP contribution >= 0.6 is 11.3 Å². The molecule has 0 bridgehead atoms. The lowest BCUT2D eigenvalue weighted by atomic mass is 10.2. The summed E-state index contributed by atoms with van der Waals surface area (Å²) in [5, 5.41) is 0.919. The number of aromatic nitrogens is 1. The standard InChI is InChI=1S/C16H14N2O3S/c1-20-18-16(19)11-6-8-12(9-7-11)21-10-15-17-13-4-2-3-5-14(13)22-15/h2-9H,10H2,1H3,(H,18,19). The molecule has 2 aromatic carbocycles. The SMILES string of the molecule is CONC(=O)c1ccc(OCc2nc3ccccc3s2)cc1. The summed E-state index contributed by atoms with van der Waals surface area (Å²) in [6.07, 6.45) is 0. The summed E-state index contributed by atoms with van der Waals surface area (Å²) in [5.74, 6) is 0.397. The third-order valence-corrected chi connectivity index (χ3v) is 4.02. The molecule has 0 unspecified atom stereocenters. The molecule has 1 aromatic heterocycles. The number of thiazole rings is 1. The molecular formula is C16H14N2O3S. The van der Waals surface area contributed by atoms with E-state index in [9.17, 15) is 4.79 Å². The number of benzene rings is 2. The molecule has 22 heavy (non-hydrogen) atoms. The first-order chi connectivity index (χ1) is 10.8. The fourth-order valence-electron chi connectivity index (χ4n) is 1.98. The van der Waals surface area contributed by atoms with Gasteiger partial charge >= 0.3 is 0 Å². The van der Waals surface area contributed by atoms with E-state index in [2.05, 4.69) is 15.3 Å². The van der Waals surface area contributed by atoms with Crippen molar-refractivity contribution in [3.63, 3.8) is 0 Å². The minimum atomic E-state index is -0.291. The summed E-state index contributed by atoms with van der Waals surface area (Å²) >= 11 is 1.61. The van der Waals surface area contributed by atoms with Crippen molar-refractivity contribution in [2.75, 3.05) is 7.11 Å². The maximum atomic E-state index is 11.5. The molecule has 6 heteroatoms. The van der Waals surface area contributed by atoms with Crippen LogP contribution in [0.4, 0.5) is 0 Å². The maximum absolute atomic E-state index is 11.5. The second-order valence-corrected chi connectivity index (χ2v) is 5.64. The number of nitrogens with zero attached hydrogens (tertiary/aromatic N) is 1. The van der Waals surface area contributed by atoms with Crippen LogP contribution in [0.3, 0.4) is 0 Å². The van der Waals surface area contributed by atoms with Crippen LogP contribution in [0.5, 0.6) is 5.75 Å². The number of hydroxylamine groups is 1. The number of carbonyl (C=O) groups is 1. The molecular weight excluding hydrogens is 300 g/mol. The molecule has 0 fully saturated rings. The van der Waals surface area contributed by atoms with Crippen molar-refractivity contribution in [3.05, 3.63) is 59.1 Å². The van der Waals surface area contributed by atoms with Crippen molar-refractivity contribution in [3.8, 4) is 5.75 Å². The summed E-state index contributed by atoms with van der Waals surface area (Å²) in [6, 6.07) is 14.9. The molecule has 0 saturated heterocycles. The lowest BCUT2D eigenvalue weighted by molar-refractivity contribution is 0.0537. The van der Waals surface area contributed by atoms with Gasteiger partial charge in [0.1, 0.15) is 17.4 Å². The van der Waals surface area contributed by atoms with Gasteiger partial charge in [-0.15, -0.1) is 11.3 Å². The highest BCUT2D eigenvalue weighted by atomic mass is 32.1. The Morgan fingerprint density at radius 2 is 1.95 bits per heavy atom. The van der Waals surface area contributed by atoms with Crippen molar-refractivity contribution in [1.82, 2.24) is 10.5 Å². The van der Waals surface area contributed by atoms with Gasteiger partial charge in [0.2, 0.25) is 0 Å². The quantitative estimate of drug-likeness (QED) is 0.735. The van der Waals surface area contributed by atoms with Crippen molar-refractivity contribution in [1.29, 1.82) is 0 Å². The predicted octanol–water partition coefficient (Wildman–Crippen LogP) is 3.17. The van der Waals surface area contributed by atoms with E-state index in [0.29, 0.717) is 17.9 Å². The van der Waals surface area contributed by atoms with Crippen LogP contribution in [0.25, 0.3) is 10.2 Å². The molecule has 1 heterocycles. The van der Waals surface area contributed by atoms with Gasteiger partial charge in [0.25, 0.3) is 5.91 Å². The first-order valence-corrected chi connectivity index (χ1v) is 7.48. The van der Waals surface area contributed by atoms with Crippen LogP contribution < -0.4 is 10.2 Å². The molecule has 1 N–H and O–H groups in total. The predicted molar refractivity (Wildman–Crippen MR) is 84.9 cm³/mol. The highest BCUT2D eigenvalue weighted by Crippen LogP contribution is 2.23. The Balaban J connectivity index is 1.64. The summed E-state index contributed by atoms with van der Waals surface area (Å²) in [5.41, 5.74) is 3.76. The van der Waals surface area contributed by atoms with Crippen molar-refractivity contribution >= 4 is 27.5 Å². The Morgan fingerprint density at radius 3 is 2.68 bits per heavy atom. The number of carbonyl (C=O) groups excluding carboxylic acids is 1. The summed E-state index contributed by atoms with van der Waals surface area (Å²) in [6.45, 7) is 0.406. The van der Waals surface area contributed by atoms with E-state index < -0.39 is 0 Å². The van der Waals surface area contributed by atoms with Gasteiger partial charge in [-0.1, -0.05) is 12.1 Å². The normalized spacial score (nSPS) is 10.6. The molecule has 0 saturated carbocycles. The van der Waals surface area contributed by atoms with Gasteiger partial charge in [-0.05, 0) is 36.4 Å². The number of fused-ring (bicyclic) bond motifs is 1. The first kappa shape index (κ1) is 14.5. The van der Waals surface area contributed by atoms with Crippen LogP contribution in [0, 0.1) is 0 Å². The lowest BCUT2D eigenvalue weighted by Gasteiger charge is -2.05. The first-order valence-electron chi connectivity index (χ1n) is 6.67. The fraction of sp³-hybridized carbons (Fsp3) is 0.125. The zero-order valence-corrected chi connectivity index (χ0v) is 12.7. The van der Waals surface area contributed by atoms with E-state index in [1.54, 1.807) is 35.6 Å². The third-order valence-electron chi connectivity index (χ3n) is 3.01. The van der Waals surface area contributed by atoms with Crippen molar-refractivity contribution in [2.24, 2.45) is 0 Å². The Kier molecular flexibility index (Phi) is 4.32. The maximum Gasteiger partial charge on any atom is 0.274 e. The topological polar surface area (TPSA) is 60.5 Å². The van der Waals surface area contributed by atoms with Crippen molar-refractivity contribution < 1.29 is 14.4 Å². The highest BCUT2D eigenvalue weighted by molar-refractivity contribution is 7.18. The number of rotatable bonds is 5. The van der Waals surface area contributed by atoms with Gasteiger partial charge in [0.05, 0.1) is 17.3 Å². The fourth-order valence-corrected chi connectivity index (χ4v) is 2.86. The number of amides is 1. The molecule has 0 aliphatic carbocycles. The van der Waals surface area contributed by atoms with E-state index in [0.717, 1.165) is 15.2 Å². The van der Waals surface area contributed by atoms with Crippen LogP contribution in [0.2, 0.25) is 0 Å². The third kappa shape index (κ3) is 3.24. The minimum absolute atomic E-state index is 0.291. The number of para-hydroxylation sites is 1. The minimum Gasteiger partial charge on any atom is -0.486 e. The Bertz CT molecular complexity index is 750. The molecule has 112 valence electrons. The largest absolute Gasteiger partial charge is 0.486 e. The molecule has 0 spiro atoms. The van der Waals surface area contributed by atoms with E-state index in [4.69, 9.17) is 4.74 Å². The van der Waals surface area contributed by atoms with Gasteiger partial charge < -0.3 is 4.74 Å². The summed E-state index contributed by atoms with van der Waals surface area (Å²) in [4.78, 5) is 20.6. The van der Waals surface area contributed by atoms with E-state index in [1.165, 1.54) is 7.11 Å². The van der Waals surface area contributed by atoms with Crippen LogP contribution in [-0.2, 0) is 11.4 Å². The molecule has 0 aliphatic heterocycles. The van der Waals surface area contributed by atoms with Crippen LogP contribution in [0.15, 0.2) is 48.5 Å². The molecule has 5 nitrogen and oxygen atoms in total. The Labute approximate surface area is 131 Å². The van der Waals surface area contributed by atoms with Crippen LogP contribution in [-0.4, -0.2) is 18.0 Å². The lowest BCUT2D eigenvalue weighted by Crippen LogP contribution is -2.21. The smallest absolute Gasteiger partial charge is 0.274 e. The number of ether oxygens (including phenoxy) is 1. The van der Waals surface area contributed by atoms with E-state index >= 15 is 0 Å². The second kappa shape index (κ2) is 6.55. The number of hydrogen-bond acceptors (Lipinski definition) is 5. The Hall–Kier alpha value is -2.44. The highest BCUT2D eigenvalue weighted by Gasteiger charge is 2.06. The molecule has 0 atom stereocenters. The van der Waals surface area contributed by atoms with Gasteiger partial charge in [-0.2, -0.15) is 0 Å². The van der Waals surface area contributed by atoms with Crippen LogP contribution in [0.1, 0.15) is 15.4 Å². The van der Waals surface area contributed by atoms with Crippen molar-refractivity contribution in [2.45, 2.75) is 6.61 Å². The summed E-state index contributed by atoms with van der Waals surface area (Å²) < 4.78 is 6.85. The van der Waals surface area contributed by atoms with Gasteiger partial charge in [0.15, 0.2) is 0 Å². The van der Waals surface area contributed by atoms with Gasteiger partial charge in [-0.3, -0.25) is 9.63 Å². The monoisotopic (exact) mass is 314 g/mol. The molecule has 3 rings (SSSR count). The molecule has 0 aliphatic rings. The molecule has 1 amide bonds.